The molecule has 0 saturated carbocycles. The molecule has 0 aromatic heterocycles. The van der Waals surface area contributed by atoms with Crippen molar-refractivity contribution in [1.29, 1.82) is 0 Å². The van der Waals surface area contributed by atoms with E-state index in [9.17, 15) is 4.79 Å². The van der Waals surface area contributed by atoms with Gasteiger partial charge in [0.1, 0.15) is 0 Å². The zero-order valence-electron chi connectivity index (χ0n) is 12.4. The molecule has 22 heavy (non-hydrogen) atoms. The van der Waals surface area contributed by atoms with Gasteiger partial charge in [0.2, 0.25) is 5.91 Å². The highest BCUT2D eigenvalue weighted by molar-refractivity contribution is 5.92. The number of hydrogen-bond acceptors (Lipinski definition) is 3. The van der Waals surface area contributed by atoms with Crippen molar-refractivity contribution in [1.82, 2.24) is 4.90 Å². The summed E-state index contributed by atoms with van der Waals surface area (Å²) in [6.07, 6.45) is 0. The minimum atomic E-state index is 0.00836. The van der Waals surface area contributed by atoms with Crippen LogP contribution in [0.15, 0.2) is 60.7 Å². The number of para-hydroxylation sites is 1. The normalized spacial score (nSPS) is 18.8. The number of nitrogens with zero attached hydrogens (tertiary/aromatic N) is 1. The predicted molar refractivity (Wildman–Crippen MR) is 86.6 cm³/mol. The van der Waals surface area contributed by atoms with E-state index >= 15 is 0 Å². The summed E-state index contributed by atoms with van der Waals surface area (Å²) in [4.78, 5) is 14.4. The van der Waals surface area contributed by atoms with Crippen LogP contribution in [0.4, 0.5) is 5.69 Å². The fourth-order valence-electron chi connectivity index (χ4n) is 2.72. The lowest BCUT2D eigenvalue weighted by Gasteiger charge is -2.35. The molecule has 4 nitrogen and oxygen atoms in total. The molecule has 1 aliphatic rings. The summed E-state index contributed by atoms with van der Waals surface area (Å²) in [5, 5.41) is 2.94. The van der Waals surface area contributed by atoms with Gasteiger partial charge in [0.25, 0.3) is 0 Å². The predicted octanol–water partition coefficient (Wildman–Crippen LogP) is 2.70. The highest BCUT2D eigenvalue weighted by atomic mass is 16.5. The largest absolute Gasteiger partial charge is 0.378 e. The third kappa shape index (κ3) is 3.72. The van der Waals surface area contributed by atoms with Crippen LogP contribution < -0.4 is 5.32 Å². The van der Waals surface area contributed by atoms with Gasteiger partial charge >= 0.3 is 0 Å². The number of ether oxygens (including phenoxy) is 1. The first kappa shape index (κ1) is 14.8. The summed E-state index contributed by atoms with van der Waals surface area (Å²) in [7, 11) is 0. The minimum absolute atomic E-state index is 0.00836. The van der Waals surface area contributed by atoms with E-state index in [1.165, 1.54) is 5.56 Å². The number of carbonyl (C=O) groups is 1. The molecule has 1 aliphatic heterocycles. The number of anilines is 1. The van der Waals surface area contributed by atoms with Crippen LogP contribution in [0.5, 0.6) is 0 Å². The number of amides is 1. The van der Waals surface area contributed by atoms with Gasteiger partial charge in [-0.25, -0.2) is 0 Å². The number of morpholine rings is 1. The number of nitrogens with one attached hydrogen (secondary N) is 1. The summed E-state index contributed by atoms with van der Waals surface area (Å²) in [5.74, 6) is 0.00836. The Bertz CT molecular complexity index is 601. The molecule has 1 N–H and O–H groups in total. The van der Waals surface area contributed by atoms with Crippen LogP contribution in [0.2, 0.25) is 0 Å². The zero-order valence-corrected chi connectivity index (χ0v) is 12.4. The number of carbonyl (C=O) groups excluding carboxylic acids is 1. The van der Waals surface area contributed by atoms with Gasteiger partial charge in [0.05, 0.1) is 25.8 Å². The Hall–Kier alpha value is -2.17. The molecule has 0 radical (unpaired) electrons. The summed E-state index contributed by atoms with van der Waals surface area (Å²) >= 11 is 0. The Morgan fingerprint density at radius 3 is 2.50 bits per heavy atom. The molecule has 0 unspecified atom stereocenters. The van der Waals surface area contributed by atoms with Crippen molar-refractivity contribution in [2.24, 2.45) is 0 Å². The lowest BCUT2D eigenvalue weighted by molar-refractivity contribution is -0.119. The molecule has 1 atom stereocenters. The zero-order chi connectivity index (χ0) is 15.2. The summed E-state index contributed by atoms with van der Waals surface area (Å²) in [6.45, 7) is 2.43. The van der Waals surface area contributed by atoms with Crippen LogP contribution >= 0.6 is 0 Å². The second-order valence-corrected chi connectivity index (χ2v) is 5.39. The summed E-state index contributed by atoms with van der Waals surface area (Å²) in [5.41, 5.74) is 2.02. The van der Waals surface area contributed by atoms with Gasteiger partial charge < -0.3 is 10.1 Å². The molecule has 1 amide bonds. The van der Waals surface area contributed by atoms with Gasteiger partial charge in [-0.15, -0.1) is 0 Å². The first-order valence-corrected chi connectivity index (χ1v) is 7.54. The van der Waals surface area contributed by atoms with Crippen LogP contribution in [0.25, 0.3) is 0 Å². The van der Waals surface area contributed by atoms with Crippen LogP contribution in [-0.2, 0) is 9.53 Å². The number of rotatable bonds is 4. The molecule has 3 rings (SSSR count). The average Bonchev–Trinajstić information content (AvgIpc) is 2.57. The average molecular weight is 296 g/mol. The Morgan fingerprint density at radius 1 is 1.09 bits per heavy atom. The molecular weight excluding hydrogens is 276 g/mol. The van der Waals surface area contributed by atoms with Crippen LogP contribution in [0, 0.1) is 0 Å². The molecule has 4 heteroatoms. The van der Waals surface area contributed by atoms with E-state index in [2.05, 4.69) is 22.3 Å². The van der Waals surface area contributed by atoms with Crippen molar-refractivity contribution >= 4 is 11.6 Å². The first-order chi connectivity index (χ1) is 10.8. The van der Waals surface area contributed by atoms with E-state index < -0.39 is 0 Å². The van der Waals surface area contributed by atoms with E-state index in [0.717, 1.165) is 12.2 Å². The first-order valence-electron chi connectivity index (χ1n) is 7.54. The molecule has 1 saturated heterocycles. The lowest BCUT2D eigenvalue weighted by Crippen LogP contribution is -2.43. The smallest absolute Gasteiger partial charge is 0.238 e. The number of hydrogen-bond donors (Lipinski definition) is 1. The standard InChI is InChI=1S/C18H20N2O2/c21-18(19-16-9-5-2-6-10-16)13-20-11-12-22-14-17(20)15-7-3-1-4-8-15/h1-10,17H,11-14H2,(H,19,21)/t17-/m0/s1. The fraction of sp³-hybridized carbons (Fsp3) is 0.278. The highest BCUT2D eigenvalue weighted by Crippen LogP contribution is 2.23. The SMILES string of the molecule is O=C(CN1CCOC[C@H]1c1ccccc1)Nc1ccccc1. The lowest BCUT2D eigenvalue weighted by atomic mass is 10.1. The molecule has 2 aromatic rings. The van der Waals surface area contributed by atoms with Crippen molar-refractivity contribution in [3.63, 3.8) is 0 Å². The Balaban J connectivity index is 1.65. The second kappa shape index (κ2) is 7.20. The third-order valence-electron chi connectivity index (χ3n) is 3.83. The summed E-state index contributed by atoms with van der Waals surface area (Å²) < 4.78 is 5.59. The molecule has 1 fully saturated rings. The minimum Gasteiger partial charge on any atom is -0.378 e. The molecule has 1 heterocycles. The molecule has 0 spiro atoms. The van der Waals surface area contributed by atoms with Crippen molar-refractivity contribution < 1.29 is 9.53 Å². The van der Waals surface area contributed by atoms with Gasteiger partial charge in [-0.3, -0.25) is 9.69 Å². The highest BCUT2D eigenvalue weighted by Gasteiger charge is 2.26. The molecule has 0 aliphatic carbocycles. The van der Waals surface area contributed by atoms with Crippen molar-refractivity contribution in [3.05, 3.63) is 66.2 Å². The topological polar surface area (TPSA) is 41.6 Å². The van der Waals surface area contributed by atoms with Crippen molar-refractivity contribution in [2.45, 2.75) is 6.04 Å². The number of benzene rings is 2. The van der Waals surface area contributed by atoms with Crippen molar-refractivity contribution in [3.8, 4) is 0 Å². The quantitative estimate of drug-likeness (QED) is 0.943. The van der Waals surface area contributed by atoms with E-state index in [0.29, 0.717) is 19.8 Å². The molecule has 2 aromatic carbocycles. The van der Waals surface area contributed by atoms with Gasteiger partial charge in [0, 0.05) is 12.2 Å². The van der Waals surface area contributed by atoms with E-state index in [1.54, 1.807) is 0 Å². The van der Waals surface area contributed by atoms with Crippen LogP contribution in [0.1, 0.15) is 11.6 Å². The Kier molecular flexibility index (Phi) is 4.83. The van der Waals surface area contributed by atoms with Crippen molar-refractivity contribution in [2.75, 3.05) is 31.6 Å². The Labute approximate surface area is 130 Å². The maximum absolute atomic E-state index is 12.3. The second-order valence-electron chi connectivity index (χ2n) is 5.39. The third-order valence-corrected chi connectivity index (χ3v) is 3.83. The maximum Gasteiger partial charge on any atom is 0.238 e. The molecule has 0 bridgehead atoms. The summed E-state index contributed by atoms with van der Waals surface area (Å²) in [6, 6.07) is 19.9. The van der Waals surface area contributed by atoms with Gasteiger partial charge in [-0.1, -0.05) is 48.5 Å². The van der Waals surface area contributed by atoms with Gasteiger partial charge in [0.15, 0.2) is 0 Å². The van der Waals surface area contributed by atoms with E-state index in [1.807, 2.05) is 48.5 Å². The van der Waals surface area contributed by atoms with Crippen LogP contribution in [0.3, 0.4) is 0 Å². The fourth-order valence-corrected chi connectivity index (χ4v) is 2.72. The Morgan fingerprint density at radius 2 is 1.77 bits per heavy atom. The van der Waals surface area contributed by atoms with E-state index in [-0.39, 0.29) is 11.9 Å². The van der Waals surface area contributed by atoms with Gasteiger partial charge in [-0.05, 0) is 17.7 Å². The monoisotopic (exact) mass is 296 g/mol. The van der Waals surface area contributed by atoms with E-state index in [4.69, 9.17) is 4.74 Å². The maximum atomic E-state index is 12.3. The molecular formula is C18H20N2O2. The molecule has 114 valence electrons. The van der Waals surface area contributed by atoms with Crippen LogP contribution in [-0.4, -0.2) is 37.1 Å². The van der Waals surface area contributed by atoms with Gasteiger partial charge in [-0.2, -0.15) is 0 Å².